The maximum atomic E-state index is 12.0. The van der Waals surface area contributed by atoms with E-state index in [1.807, 2.05) is 6.92 Å². The molecule has 5 nitrogen and oxygen atoms in total. The van der Waals surface area contributed by atoms with Crippen LogP contribution in [0.3, 0.4) is 0 Å². The predicted octanol–water partition coefficient (Wildman–Crippen LogP) is 2.86. The van der Waals surface area contributed by atoms with Gasteiger partial charge in [0.1, 0.15) is 5.82 Å². The lowest BCUT2D eigenvalue weighted by Crippen LogP contribution is -2.25. The summed E-state index contributed by atoms with van der Waals surface area (Å²) in [4.78, 5) is 6.83. The number of hydrogen-bond acceptors (Lipinski definition) is 3. The van der Waals surface area contributed by atoms with Crippen molar-refractivity contribution in [3.8, 4) is 0 Å². The van der Waals surface area contributed by atoms with Crippen LogP contribution in [0.2, 0.25) is 0 Å². The second kappa shape index (κ2) is 8.42. The van der Waals surface area contributed by atoms with Gasteiger partial charge in [0, 0.05) is 13.0 Å². The van der Waals surface area contributed by atoms with Crippen LogP contribution in [0, 0.1) is 5.92 Å². The number of nitrogens with zero attached hydrogens (tertiary/aromatic N) is 1. The Bertz CT molecular complexity index is 480. The predicted molar refractivity (Wildman–Crippen MR) is 81.1 cm³/mol. The van der Waals surface area contributed by atoms with Crippen LogP contribution in [0.1, 0.15) is 58.7 Å². The summed E-state index contributed by atoms with van der Waals surface area (Å²) in [6, 6.07) is 0. The van der Waals surface area contributed by atoms with Crippen LogP contribution in [0.25, 0.3) is 0 Å². The standard InChI is InChI=1S/C14H27N3O2S/c1-4-13-15-11-14(17-13)20(18,19)16-10-8-6-5-7-9-12(2)3/h11-12,16H,4-10H2,1-3H3,(H,15,17). The molecule has 0 saturated heterocycles. The van der Waals surface area contributed by atoms with Crippen LogP contribution in [-0.4, -0.2) is 24.9 Å². The third-order valence-electron chi connectivity index (χ3n) is 3.23. The van der Waals surface area contributed by atoms with Crippen LogP contribution in [-0.2, 0) is 16.4 Å². The highest BCUT2D eigenvalue weighted by Gasteiger charge is 2.15. The molecule has 1 rings (SSSR count). The maximum absolute atomic E-state index is 12.0. The summed E-state index contributed by atoms with van der Waals surface area (Å²) in [7, 11) is -3.42. The van der Waals surface area contributed by atoms with Crippen molar-refractivity contribution in [1.82, 2.24) is 14.7 Å². The first-order chi connectivity index (χ1) is 9.45. The maximum Gasteiger partial charge on any atom is 0.257 e. The molecule has 20 heavy (non-hydrogen) atoms. The Balaban J connectivity index is 2.23. The van der Waals surface area contributed by atoms with E-state index in [0.717, 1.165) is 18.8 Å². The number of H-pyrrole nitrogens is 1. The fraction of sp³-hybridized carbons (Fsp3) is 0.786. The minimum atomic E-state index is -3.42. The molecule has 116 valence electrons. The van der Waals surface area contributed by atoms with Gasteiger partial charge in [0.25, 0.3) is 10.0 Å². The highest BCUT2D eigenvalue weighted by atomic mass is 32.2. The first kappa shape index (κ1) is 17.2. The van der Waals surface area contributed by atoms with Crippen molar-refractivity contribution in [3.63, 3.8) is 0 Å². The van der Waals surface area contributed by atoms with Gasteiger partial charge in [-0.1, -0.05) is 46.5 Å². The Morgan fingerprint density at radius 1 is 1.25 bits per heavy atom. The van der Waals surface area contributed by atoms with Gasteiger partial charge >= 0.3 is 0 Å². The SMILES string of the molecule is CCc1ncc(S(=O)(=O)NCCCCCCC(C)C)[nH]1. The third-order valence-corrected chi connectivity index (χ3v) is 4.60. The van der Waals surface area contributed by atoms with Crippen LogP contribution in [0.5, 0.6) is 0 Å². The topological polar surface area (TPSA) is 74.8 Å². The lowest BCUT2D eigenvalue weighted by molar-refractivity contribution is 0.517. The monoisotopic (exact) mass is 301 g/mol. The Morgan fingerprint density at radius 3 is 2.55 bits per heavy atom. The highest BCUT2D eigenvalue weighted by molar-refractivity contribution is 7.89. The number of aromatic nitrogens is 2. The van der Waals surface area contributed by atoms with E-state index in [1.165, 1.54) is 25.5 Å². The molecule has 0 saturated carbocycles. The molecule has 0 spiro atoms. The van der Waals surface area contributed by atoms with E-state index in [9.17, 15) is 8.42 Å². The number of aromatic amines is 1. The van der Waals surface area contributed by atoms with Crippen molar-refractivity contribution in [2.45, 2.75) is 64.3 Å². The number of nitrogens with one attached hydrogen (secondary N) is 2. The minimum absolute atomic E-state index is 0.161. The molecule has 1 heterocycles. The summed E-state index contributed by atoms with van der Waals surface area (Å²) in [5.41, 5.74) is 0. The molecule has 2 N–H and O–H groups in total. The molecule has 0 unspecified atom stereocenters. The molecule has 1 aromatic heterocycles. The molecule has 0 fully saturated rings. The fourth-order valence-corrected chi connectivity index (χ4v) is 2.99. The lowest BCUT2D eigenvalue weighted by atomic mass is 10.0. The van der Waals surface area contributed by atoms with Gasteiger partial charge in [-0.2, -0.15) is 0 Å². The fourth-order valence-electron chi connectivity index (χ4n) is 1.97. The number of imidazole rings is 1. The summed E-state index contributed by atoms with van der Waals surface area (Å²) in [6.45, 7) is 6.87. The number of rotatable bonds is 10. The number of aryl methyl sites for hydroxylation is 1. The average Bonchev–Trinajstić information content (AvgIpc) is 2.86. The molecule has 0 aliphatic carbocycles. The Kier molecular flexibility index (Phi) is 7.23. The average molecular weight is 301 g/mol. The third kappa shape index (κ3) is 6.05. The van der Waals surface area contributed by atoms with E-state index in [1.54, 1.807) is 0 Å². The van der Waals surface area contributed by atoms with Gasteiger partial charge in [0.15, 0.2) is 5.03 Å². The van der Waals surface area contributed by atoms with Crippen LogP contribution < -0.4 is 4.72 Å². The van der Waals surface area contributed by atoms with E-state index < -0.39 is 10.0 Å². The first-order valence-corrected chi connectivity index (χ1v) is 8.97. The van der Waals surface area contributed by atoms with E-state index >= 15 is 0 Å². The summed E-state index contributed by atoms with van der Waals surface area (Å²) in [5, 5.41) is 0.161. The molecule has 0 aromatic carbocycles. The zero-order valence-corrected chi connectivity index (χ0v) is 13.6. The molecular weight excluding hydrogens is 274 g/mol. The van der Waals surface area contributed by atoms with Gasteiger partial charge in [-0.05, 0) is 12.3 Å². The van der Waals surface area contributed by atoms with Gasteiger partial charge in [-0.15, -0.1) is 0 Å². The van der Waals surface area contributed by atoms with Crippen molar-refractivity contribution in [3.05, 3.63) is 12.0 Å². The van der Waals surface area contributed by atoms with E-state index in [4.69, 9.17) is 0 Å². The van der Waals surface area contributed by atoms with Gasteiger partial charge in [-0.3, -0.25) is 0 Å². The largest absolute Gasteiger partial charge is 0.332 e. The van der Waals surface area contributed by atoms with Crippen molar-refractivity contribution in [1.29, 1.82) is 0 Å². The molecule has 0 amide bonds. The van der Waals surface area contributed by atoms with E-state index in [0.29, 0.717) is 18.8 Å². The molecule has 0 bridgehead atoms. The van der Waals surface area contributed by atoms with Gasteiger partial charge in [0.05, 0.1) is 6.20 Å². The smallest absolute Gasteiger partial charge is 0.257 e. The quantitative estimate of drug-likeness (QED) is 0.653. The number of unbranched alkanes of at least 4 members (excludes halogenated alkanes) is 3. The van der Waals surface area contributed by atoms with Gasteiger partial charge in [0.2, 0.25) is 0 Å². The lowest BCUT2D eigenvalue weighted by Gasteiger charge is -2.06. The van der Waals surface area contributed by atoms with Crippen molar-refractivity contribution < 1.29 is 8.42 Å². The molecule has 0 radical (unpaired) electrons. The molecule has 0 aliphatic heterocycles. The Labute approximate surface area is 122 Å². The van der Waals surface area contributed by atoms with Gasteiger partial charge in [-0.25, -0.2) is 18.1 Å². The summed E-state index contributed by atoms with van der Waals surface area (Å²) < 4.78 is 26.5. The Morgan fingerprint density at radius 2 is 1.95 bits per heavy atom. The second-order valence-electron chi connectivity index (χ2n) is 5.54. The van der Waals surface area contributed by atoms with Crippen LogP contribution >= 0.6 is 0 Å². The summed E-state index contributed by atoms with van der Waals surface area (Å²) >= 11 is 0. The van der Waals surface area contributed by atoms with Crippen molar-refractivity contribution in [2.75, 3.05) is 6.54 Å². The summed E-state index contributed by atoms with van der Waals surface area (Å²) in [5.74, 6) is 1.45. The van der Waals surface area contributed by atoms with Gasteiger partial charge < -0.3 is 4.98 Å². The highest BCUT2D eigenvalue weighted by Crippen LogP contribution is 2.10. The molecule has 1 aromatic rings. The molecular formula is C14H27N3O2S. The molecule has 0 aliphatic rings. The summed E-state index contributed by atoms with van der Waals surface area (Å²) in [6.07, 6.45) is 7.67. The normalized spacial score (nSPS) is 12.2. The molecule has 6 heteroatoms. The Hall–Kier alpha value is -0.880. The van der Waals surface area contributed by atoms with Crippen molar-refractivity contribution >= 4 is 10.0 Å². The van der Waals surface area contributed by atoms with Crippen LogP contribution in [0.15, 0.2) is 11.2 Å². The number of sulfonamides is 1. The second-order valence-corrected chi connectivity index (χ2v) is 7.28. The van der Waals surface area contributed by atoms with E-state index in [-0.39, 0.29) is 5.03 Å². The molecule has 0 atom stereocenters. The van der Waals surface area contributed by atoms with Crippen LogP contribution in [0.4, 0.5) is 0 Å². The van der Waals surface area contributed by atoms with E-state index in [2.05, 4.69) is 28.5 Å². The number of hydrogen-bond donors (Lipinski definition) is 2. The zero-order valence-electron chi connectivity index (χ0n) is 12.8. The zero-order chi connectivity index (χ0) is 15.0. The first-order valence-electron chi connectivity index (χ1n) is 7.49. The minimum Gasteiger partial charge on any atom is -0.332 e. The van der Waals surface area contributed by atoms with Crippen molar-refractivity contribution in [2.24, 2.45) is 5.92 Å².